The van der Waals surface area contributed by atoms with E-state index < -0.39 is 0 Å². The van der Waals surface area contributed by atoms with Gasteiger partial charge < -0.3 is 10.1 Å². The fourth-order valence-corrected chi connectivity index (χ4v) is 3.17. The molecule has 4 rings (SSSR count). The molecule has 0 saturated carbocycles. The Labute approximate surface area is 134 Å². The van der Waals surface area contributed by atoms with Crippen LogP contribution in [0.5, 0.6) is 5.75 Å². The molecule has 3 nitrogen and oxygen atoms in total. The molecule has 1 aliphatic heterocycles. The largest absolute Gasteiger partial charge is 0.493 e. The number of rotatable bonds is 2. The van der Waals surface area contributed by atoms with E-state index in [0.717, 1.165) is 27.8 Å². The minimum Gasteiger partial charge on any atom is -0.493 e. The molecule has 1 aliphatic rings. The van der Waals surface area contributed by atoms with Crippen LogP contribution in [0.4, 0.5) is 5.69 Å². The quantitative estimate of drug-likeness (QED) is 0.764. The lowest BCUT2D eigenvalue weighted by Crippen LogP contribution is -2.26. The molecule has 1 N–H and O–H groups in total. The van der Waals surface area contributed by atoms with Crippen molar-refractivity contribution in [2.75, 3.05) is 11.9 Å². The second-order valence-corrected chi connectivity index (χ2v) is 5.74. The zero-order valence-electron chi connectivity index (χ0n) is 12.7. The van der Waals surface area contributed by atoms with Crippen LogP contribution in [-0.2, 0) is 4.79 Å². The first-order chi connectivity index (χ1) is 11.3. The summed E-state index contributed by atoms with van der Waals surface area (Å²) in [7, 11) is 0. The molecule has 3 heteroatoms. The number of nitrogens with one attached hydrogen (secondary N) is 1. The molecule has 3 aromatic rings. The monoisotopic (exact) mass is 303 g/mol. The molecule has 0 aromatic heterocycles. The van der Waals surface area contributed by atoms with E-state index >= 15 is 0 Å². The molecule has 0 fully saturated rings. The van der Waals surface area contributed by atoms with Gasteiger partial charge in [-0.15, -0.1) is 0 Å². The number of ether oxygens (including phenoxy) is 1. The molecule has 114 valence electrons. The van der Waals surface area contributed by atoms with Gasteiger partial charge in [-0.1, -0.05) is 54.6 Å². The topological polar surface area (TPSA) is 38.3 Å². The highest BCUT2D eigenvalue weighted by Crippen LogP contribution is 2.34. The molecule has 1 atom stereocenters. The number of hydrogen-bond acceptors (Lipinski definition) is 2. The predicted molar refractivity (Wildman–Crippen MR) is 91.9 cm³/mol. The Bertz CT molecular complexity index is 867. The third-order valence-corrected chi connectivity index (χ3v) is 4.32. The number of fused-ring (bicyclic) bond motifs is 2. The maximum atomic E-state index is 12.8. The summed E-state index contributed by atoms with van der Waals surface area (Å²) >= 11 is 0. The minimum absolute atomic E-state index is 0.0251. The molecule has 0 bridgehead atoms. The van der Waals surface area contributed by atoms with Crippen molar-refractivity contribution in [1.29, 1.82) is 0 Å². The van der Waals surface area contributed by atoms with E-state index in [1.165, 1.54) is 0 Å². The maximum absolute atomic E-state index is 12.8. The van der Waals surface area contributed by atoms with Gasteiger partial charge in [0.15, 0.2) is 0 Å². The van der Waals surface area contributed by atoms with Crippen molar-refractivity contribution in [3.8, 4) is 5.75 Å². The van der Waals surface area contributed by atoms with E-state index in [1.54, 1.807) is 0 Å². The molecule has 0 aliphatic carbocycles. The average molecular weight is 303 g/mol. The van der Waals surface area contributed by atoms with E-state index in [9.17, 15) is 4.79 Å². The van der Waals surface area contributed by atoms with Crippen LogP contribution in [0.2, 0.25) is 0 Å². The standard InChI is InChI=1S/C20H17NO2/c22-20(17-12-13-23-19-11-4-3-9-16(17)19)21-18-10-5-7-14-6-1-2-8-15(14)18/h1-11,17H,12-13H2,(H,21,22). The van der Waals surface area contributed by atoms with Crippen LogP contribution in [0.1, 0.15) is 17.9 Å². The van der Waals surface area contributed by atoms with Crippen LogP contribution in [0.15, 0.2) is 66.7 Å². The summed E-state index contributed by atoms with van der Waals surface area (Å²) in [4.78, 5) is 12.8. The van der Waals surface area contributed by atoms with E-state index in [0.29, 0.717) is 13.0 Å². The first-order valence-corrected chi connectivity index (χ1v) is 7.83. The molecule has 0 spiro atoms. The summed E-state index contributed by atoms with van der Waals surface area (Å²) in [5.74, 6) is 0.674. The van der Waals surface area contributed by atoms with Crippen molar-refractivity contribution in [3.63, 3.8) is 0 Å². The van der Waals surface area contributed by atoms with Crippen LogP contribution in [0.25, 0.3) is 10.8 Å². The molecular formula is C20H17NO2. The average Bonchev–Trinajstić information content (AvgIpc) is 2.61. The number of anilines is 1. The van der Waals surface area contributed by atoms with Crippen molar-refractivity contribution >= 4 is 22.4 Å². The van der Waals surface area contributed by atoms with Crippen LogP contribution < -0.4 is 10.1 Å². The summed E-state index contributed by atoms with van der Waals surface area (Å²) in [6.45, 7) is 0.574. The second kappa shape index (κ2) is 5.76. The number of carbonyl (C=O) groups excluding carboxylic acids is 1. The molecule has 23 heavy (non-hydrogen) atoms. The molecule has 1 heterocycles. The molecule has 0 saturated heterocycles. The molecule has 1 amide bonds. The Balaban J connectivity index is 1.66. The summed E-state index contributed by atoms with van der Waals surface area (Å²) in [6, 6.07) is 21.8. The van der Waals surface area contributed by atoms with E-state index in [1.807, 2.05) is 54.6 Å². The number of amides is 1. The maximum Gasteiger partial charge on any atom is 0.232 e. The van der Waals surface area contributed by atoms with Gasteiger partial charge in [-0.25, -0.2) is 0 Å². The first kappa shape index (κ1) is 13.8. The Morgan fingerprint density at radius 1 is 0.957 bits per heavy atom. The van der Waals surface area contributed by atoms with E-state index in [4.69, 9.17) is 4.74 Å². The van der Waals surface area contributed by atoms with Gasteiger partial charge in [0.05, 0.1) is 12.5 Å². The van der Waals surface area contributed by atoms with Gasteiger partial charge in [0.1, 0.15) is 5.75 Å². The zero-order chi connectivity index (χ0) is 15.6. The number of benzene rings is 3. The Kier molecular flexibility index (Phi) is 3.46. The van der Waals surface area contributed by atoms with Gasteiger partial charge in [0.2, 0.25) is 5.91 Å². The Hall–Kier alpha value is -2.81. The third-order valence-electron chi connectivity index (χ3n) is 4.32. The highest BCUT2D eigenvalue weighted by atomic mass is 16.5. The van der Waals surface area contributed by atoms with Crippen molar-refractivity contribution in [1.82, 2.24) is 0 Å². The highest BCUT2D eigenvalue weighted by Gasteiger charge is 2.27. The lowest BCUT2D eigenvalue weighted by Gasteiger charge is -2.25. The van der Waals surface area contributed by atoms with E-state index in [-0.39, 0.29) is 11.8 Å². The van der Waals surface area contributed by atoms with Gasteiger partial charge in [-0.3, -0.25) is 4.79 Å². The van der Waals surface area contributed by atoms with Crippen LogP contribution >= 0.6 is 0 Å². The second-order valence-electron chi connectivity index (χ2n) is 5.74. The zero-order valence-corrected chi connectivity index (χ0v) is 12.7. The summed E-state index contributed by atoms with van der Waals surface area (Å²) in [5, 5.41) is 5.28. The van der Waals surface area contributed by atoms with Gasteiger partial charge in [-0.2, -0.15) is 0 Å². The fourth-order valence-electron chi connectivity index (χ4n) is 3.17. The highest BCUT2D eigenvalue weighted by molar-refractivity contribution is 6.04. The van der Waals surface area contributed by atoms with E-state index in [2.05, 4.69) is 17.4 Å². The molecular weight excluding hydrogens is 286 g/mol. The minimum atomic E-state index is -0.168. The Morgan fingerprint density at radius 2 is 1.74 bits per heavy atom. The third kappa shape index (κ3) is 2.55. The normalized spacial score (nSPS) is 16.4. The van der Waals surface area contributed by atoms with Gasteiger partial charge in [-0.05, 0) is 23.9 Å². The van der Waals surface area contributed by atoms with Crippen molar-refractivity contribution in [2.24, 2.45) is 0 Å². The van der Waals surface area contributed by atoms with Crippen LogP contribution in [0, 0.1) is 0 Å². The lowest BCUT2D eigenvalue weighted by atomic mass is 9.92. The predicted octanol–water partition coefficient (Wildman–Crippen LogP) is 4.34. The SMILES string of the molecule is O=C(Nc1cccc2ccccc12)C1CCOc2ccccc21. The molecule has 1 unspecified atom stereocenters. The summed E-state index contributed by atoms with van der Waals surface area (Å²) in [6.07, 6.45) is 0.702. The molecule has 0 radical (unpaired) electrons. The van der Waals surface area contributed by atoms with Crippen molar-refractivity contribution in [3.05, 3.63) is 72.3 Å². The Morgan fingerprint density at radius 3 is 2.70 bits per heavy atom. The molecule has 3 aromatic carbocycles. The first-order valence-electron chi connectivity index (χ1n) is 7.83. The summed E-state index contributed by atoms with van der Waals surface area (Å²) < 4.78 is 5.64. The van der Waals surface area contributed by atoms with Crippen LogP contribution in [0.3, 0.4) is 0 Å². The van der Waals surface area contributed by atoms with Gasteiger partial charge in [0.25, 0.3) is 0 Å². The summed E-state index contributed by atoms with van der Waals surface area (Å²) in [5.41, 5.74) is 1.83. The smallest absolute Gasteiger partial charge is 0.232 e. The fraction of sp³-hybridized carbons (Fsp3) is 0.150. The number of para-hydroxylation sites is 1. The van der Waals surface area contributed by atoms with Gasteiger partial charge in [0, 0.05) is 16.6 Å². The van der Waals surface area contributed by atoms with Crippen molar-refractivity contribution in [2.45, 2.75) is 12.3 Å². The van der Waals surface area contributed by atoms with Crippen molar-refractivity contribution < 1.29 is 9.53 Å². The van der Waals surface area contributed by atoms with Gasteiger partial charge >= 0.3 is 0 Å². The number of hydrogen-bond donors (Lipinski definition) is 1. The lowest BCUT2D eigenvalue weighted by molar-refractivity contribution is -0.118. The number of carbonyl (C=O) groups is 1. The van der Waals surface area contributed by atoms with Crippen LogP contribution in [-0.4, -0.2) is 12.5 Å².